The molecule has 6 N–H and O–H groups in total. The van der Waals surface area contributed by atoms with Crippen molar-refractivity contribution in [2.45, 2.75) is 37.9 Å². The van der Waals surface area contributed by atoms with Crippen molar-refractivity contribution in [3.05, 3.63) is 34.4 Å². The van der Waals surface area contributed by atoms with Gasteiger partial charge in [0, 0.05) is 48.9 Å². The number of rotatable bonds is 6. The summed E-state index contributed by atoms with van der Waals surface area (Å²) in [6, 6.07) is 3.75. The van der Waals surface area contributed by atoms with E-state index in [0.29, 0.717) is 35.0 Å². The van der Waals surface area contributed by atoms with E-state index in [2.05, 4.69) is 9.44 Å². The van der Waals surface area contributed by atoms with Gasteiger partial charge >= 0.3 is 0 Å². The minimum absolute atomic E-state index is 0.287. The normalized spacial score (nSPS) is 12.0. The Kier molecular flexibility index (Phi) is 7.45. The molecule has 1 aromatic rings. The van der Waals surface area contributed by atoms with Crippen LogP contribution < -0.4 is 9.44 Å². The predicted octanol–water partition coefficient (Wildman–Crippen LogP) is 1.45. The number of nitrogens with one attached hydrogen (secondary N) is 2. The highest BCUT2D eigenvalue weighted by Crippen LogP contribution is 2.24. The Morgan fingerprint density at radius 2 is 1.12 bits per heavy atom. The van der Waals surface area contributed by atoms with E-state index in [1.807, 2.05) is 26.0 Å². The smallest absolute Gasteiger partial charge is 0.229 e. The average molecular weight is 409 g/mol. The summed E-state index contributed by atoms with van der Waals surface area (Å²) in [5.41, 5.74) is 2.96. The summed E-state index contributed by atoms with van der Waals surface area (Å²) in [7, 11) is 0. The number of hydrogen-bond donors (Lipinski definition) is 6. The minimum Gasteiger partial charge on any atom is -0.356 e. The number of thiocarbonyl (C=S) groups is 2. The summed E-state index contributed by atoms with van der Waals surface area (Å²) < 4.78 is 5.46. The molecular weight excluding hydrogens is 388 g/mol. The molecule has 134 valence electrons. The van der Waals surface area contributed by atoms with Crippen LogP contribution >= 0.6 is 48.3 Å². The fraction of sp³-hybridized carbons (Fsp3) is 0.429. The predicted molar refractivity (Wildman–Crippen MR) is 106 cm³/mol. The number of aliphatic hydroxyl groups is 4. The van der Waals surface area contributed by atoms with Crippen molar-refractivity contribution in [2.24, 2.45) is 0 Å². The van der Waals surface area contributed by atoms with Crippen LogP contribution in [-0.2, 0) is 0 Å². The molecule has 0 bridgehead atoms. The van der Waals surface area contributed by atoms with Crippen molar-refractivity contribution in [1.29, 1.82) is 0 Å². The van der Waals surface area contributed by atoms with Gasteiger partial charge in [-0.1, -0.05) is 36.6 Å². The molecule has 10 heteroatoms. The first-order valence-corrected chi connectivity index (χ1v) is 9.23. The van der Waals surface area contributed by atoms with Gasteiger partial charge in [0.1, 0.15) is 9.98 Å². The van der Waals surface area contributed by atoms with Crippen LogP contribution in [0.5, 0.6) is 0 Å². The Bertz CT molecular complexity index is 584. The molecule has 0 fully saturated rings. The van der Waals surface area contributed by atoms with Crippen molar-refractivity contribution in [1.82, 2.24) is 9.44 Å². The molecule has 0 aliphatic carbocycles. The summed E-state index contributed by atoms with van der Waals surface area (Å²) >= 11 is 12.0. The van der Waals surface area contributed by atoms with Gasteiger partial charge in [0.15, 0.2) is 0 Å². The number of hydrogen-bond acceptors (Lipinski definition) is 8. The molecule has 0 radical (unpaired) electrons. The van der Waals surface area contributed by atoms with E-state index >= 15 is 0 Å². The van der Waals surface area contributed by atoms with Crippen molar-refractivity contribution < 1.29 is 20.4 Å². The van der Waals surface area contributed by atoms with Crippen molar-refractivity contribution in [2.75, 3.05) is 0 Å². The molecule has 1 aromatic carbocycles. The van der Waals surface area contributed by atoms with E-state index in [1.54, 1.807) is 0 Å². The van der Waals surface area contributed by atoms with Gasteiger partial charge in [-0.25, -0.2) is 0 Å². The second-order valence-corrected chi connectivity index (χ2v) is 8.56. The first-order chi connectivity index (χ1) is 10.8. The van der Waals surface area contributed by atoms with E-state index in [0.717, 1.165) is 11.1 Å². The number of benzene rings is 1. The quantitative estimate of drug-likeness (QED) is 0.235. The van der Waals surface area contributed by atoms with Gasteiger partial charge in [-0.15, -0.1) is 0 Å². The standard InChI is InChI=1S/C14H20N2O4S4/c1-7-5-6-8(2)10(12(22)16-24-14(4,19)20)9(7)11(21)15-23-13(3,17)18/h5-6,17-20H,1-4H3,(H,15,21)(H,16,22). The minimum atomic E-state index is -1.98. The summed E-state index contributed by atoms with van der Waals surface area (Å²) in [5, 5.41) is 33.6. The second kappa shape index (κ2) is 8.28. The van der Waals surface area contributed by atoms with E-state index in [9.17, 15) is 20.4 Å². The molecule has 0 aliphatic heterocycles. The summed E-state index contributed by atoms with van der Waals surface area (Å²) in [6.45, 7) is 6.13. The lowest BCUT2D eigenvalue weighted by atomic mass is 9.97. The second-order valence-electron chi connectivity index (χ2n) is 5.38. The summed E-state index contributed by atoms with van der Waals surface area (Å²) in [5.74, 6) is 0. The zero-order chi connectivity index (χ0) is 18.7. The fourth-order valence-corrected chi connectivity index (χ4v) is 3.34. The monoisotopic (exact) mass is 408 g/mol. The maximum absolute atomic E-state index is 9.39. The van der Waals surface area contributed by atoms with Crippen LogP contribution in [-0.4, -0.2) is 40.6 Å². The van der Waals surface area contributed by atoms with Crippen molar-refractivity contribution >= 4 is 58.3 Å². The van der Waals surface area contributed by atoms with Gasteiger partial charge in [-0.05, 0) is 25.0 Å². The van der Waals surface area contributed by atoms with Crippen LogP contribution in [0, 0.1) is 13.8 Å². The van der Waals surface area contributed by atoms with E-state index < -0.39 is 10.2 Å². The molecule has 0 spiro atoms. The summed E-state index contributed by atoms with van der Waals surface area (Å²) in [4.78, 5) is 0.575. The highest BCUT2D eigenvalue weighted by atomic mass is 32.2. The lowest BCUT2D eigenvalue weighted by Gasteiger charge is -2.22. The highest BCUT2D eigenvalue weighted by molar-refractivity contribution is 8.00. The van der Waals surface area contributed by atoms with E-state index in [1.165, 1.54) is 13.8 Å². The molecule has 0 aromatic heterocycles. The molecule has 24 heavy (non-hydrogen) atoms. The molecule has 0 atom stereocenters. The lowest BCUT2D eigenvalue weighted by Crippen LogP contribution is -2.31. The van der Waals surface area contributed by atoms with Gasteiger partial charge in [0.2, 0.25) is 10.2 Å². The first-order valence-electron chi connectivity index (χ1n) is 6.78. The van der Waals surface area contributed by atoms with E-state index in [-0.39, 0.29) is 9.98 Å². The van der Waals surface area contributed by atoms with Gasteiger partial charge in [-0.2, -0.15) is 0 Å². The van der Waals surface area contributed by atoms with Crippen LogP contribution in [0.4, 0.5) is 0 Å². The maximum atomic E-state index is 9.39. The van der Waals surface area contributed by atoms with Crippen LogP contribution in [0.15, 0.2) is 12.1 Å². The van der Waals surface area contributed by atoms with Gasteiger partial charge in [0.25, 0.3) is 0 Å². The molecule has 6 nitrogen and oxygen atoms in total. The Morgan fingerprint density at radius 3 is 1.38 bits per heavy atom. The van der Waals surface area contributed by atoms with Crippen LogP contribution in [0.25, 0.3) is 0 Å². The molecule has 0 amide bonds. The lowest BCUT2D eigenvalue weighted by molar-refractivity contribution is -0.0600. The Hall–Kier alpha value is -0.460. The third kappa shape index (κ3) is 6.81. The topological polar surface area (TPSA) is 105 Å². The molecule has 1 rings (SSSR count). The average Bonchev–Trinajstić information content (AvgIpc) is 2.42. The Morgan fingerprint density at radius 1 is 0.833 bits per heavy atom. The SMILES string of the molecule is Cc1ccc(C)c(C(=S)NSC(C)(O)O)c1C(=S)NSC(C)(O)O. The van der Waals surface area contributed by atoms with E-state index in [4.69, 9.17) is 24.4 Å². The molecule has 0 heterocycles. The molecular formula is C14H20N2O4S4. The largest absolute Gasteiger partial charge is 0.356 e. The molecule has 0 saturated carbocycles. The zero-order valence-electron chi connectivity index (χ0n) is 13.6. The summed E-state index contributed by atoms with van der Waals surface area (Å²) in [6.07, 6.45) is 0. The van der Waals surface area contributed by atoms with Crippen LogP contribution in [0.3, 0.4) is 0 Å². The third-order valence-corrected chi connectivity index (χ3v) is 5.01. The van der Waals surface area contributed by atoms with Gasteiger partial charge < -0.3 is 29.9 Å². The Balaban J connectivity index is 3.14. The van der Waals surface area contributed by atoms with Gasteiger partial charge in [-0.3, -0.25) is 0 Å². The first kappa shape index (κ1) is 21.6. The fourth-order valence-electron chi connectivity index (χ4n) is 1.78. The molecule has 0 unspecified atom stereocenters. The van der Waals surface area contributed by atoms with Crippen LogP contribution in [0.1, 0.15) is 36.1 Å². The number of aryl methyl sites for hydroxylation is 2. The molecule has 0 saturated heterocycles. The van der Waals surface area contributed by atoms with Gasteiger partial charge in [0.05, 0.1) is 0 Å². The molecule has 0 aliphatic rings. The van der Waals surface area contributed by atoms with Crippen LogP contribution in [0.2, 0.25) is 0 Å². The zero-order valence-corrected chi connectivity index (χ0v) is 16.8. The highest BCUT2D eigenvalue weighted by Gasteiger charge is 2.23. The third-order valence-electron chi connectivity index (χ3n) is 2.75. The van der Waals surface area contributed by atoms with Crippen molar-refractivity contribution in [3.63, 3.8) is 0 Å². The maximum Gasteiger partial charge on any atom is 0.229 e. The Labute approximate surface area is 160 Å². The van der Waals surface area contributed by atoms with Crippen molar-refractivity contribution in [3.8, 4) is 0 Å².